The van der Waals surface area contributed by atoms with Gasteiger partial charge in [-0.25, -0.2) is 8.42 Å². The van der Waals surface area contributed by atoms with Crippen LogP contribution in [0.4, 0.5) is 5.69 Å². The van der Waals surface area contributed by atoms with Crippen LogP contribution in [0.25, 0.3) is 0 Å². The van der Waals surface area contributed by atoms with Gasteiger partial charge in [0.25, 0.3) is 0 Å². The fourth-order valence-electron chi connectivity index (χ4n) is 1.36. The molecule has 1 N–H and O–H groups in total. The van der Waals surface area contributed by atoms with Crippen molar-refractivity contribution in [2.24, 2.45) is 0 Å². The fraction of sp³-hybridized carbons (Fsp3) is 0.250. The van der Waals surface area contributed by atoms with Gasteiger partial charge < -0.3 is 5.32 Å². The molecule has 0 atom stereocenters. The van der Waals surface area contributed by atoms with Crippen molar-refractivity contribution in [3.05, 3.63) is 41.4 Å². The number of rotatable bonds is 6. The molecule has 0 aliphatic rings. The van der Waals surface area contributed by atoms with Crippen LogP contribution < -0.4 is 5.32 Å². The SMILES string of the molecule is C=CCN(CC(=O)Nc1ccc(Br)cc1)S(C)(=O)=O. The monoisotopic (exact) mass is 346 g/mol. The second-order valence-electron chi connectivity index (χ2n) is 3.90. The second kappa shape index (κ2) is 6.83. The molecule has 5 nitrogen and oxygen atoms in total. The van der Waals surface area contributed by atoms with Crippen molar-refractivity contribution in [1.29, 1.82) is 0 Å². The van der Waals surface area contributed by atoms with E-state index >= 15 is 0 Å². The van der Waals surface area contributed by atoms with Crippen LogP contribution in [0.3, 0.4) is 0 Å². The third kappa shape index (κ3) is 5.54. The highest BCUT2D eigenvalue weighted by atomic mass is 79.9. The summed E-state index contributed by atoms with van der Waals surface area (Å²) in [5.41, 5.74) is 0.611. The Balaban J connectivity index is 2.68. The van der Waals surface area contributed by atoms with Crippen LogP contribution in [0.15, 0.2) is 41.4 Å². The van der Waals surface area contributed by atoms with Gasteiger partial charge in [0.2, 0.25) is 15.9 Å². The minimum atomic E-state index is -3.43. The largest absolute Gasteiger partial charge is 0.325 e. The topological polar surface area (TPSA) is 66.5 Å². The molecule has 0 aliphatic carbocycles. The summed E-state index contributed by atoms with van der Waals surface area (Å²) in [4.78, 5) is 11.8. The Labute approximate surface area is 121 Å². The lowest BCUT2D eigenvalue weighted by Gasteiger charge is -2.17. The summed E-state index contributed by atoms with van der Waals surface area (Å²) in [6.07, 6.45) is 2.50. The summed E-state index contributed by atoms with van der Waals surface area (Å²) in [5, 5.41) is 2.63. The van der Waals surface area contributed by atoms with Gasteiger partial charge in [0, 0.05) is 16.7 Å². The van der Waals surface area contributed by atoms with Crippen LogP contribution in [0.1, 0.15) is 0 Å². The van der Waals surface area contributed by atoms with Gasteiger partial charge in [0.15, 0.2) is 0 Å². The van der Waals surface area contributed by atoms with Crippen LogP contribution in [0, 0.1) is 0 Å². The summed E-state index contributed by atoms with van der Waals surface area (Å²) >= 11 is 3.29. The second-order valence-corrected chi connectivity index (χ2v) is 6.80. The fourth-order valence-corrected chi connectivity index (χ4v) is 2.35. The molecule has 1 aromatic rings. The first-order valence-corrected chi connectivity index (χ1v) is 8.08. The third-order valence-corrected chi connectivity index (χ3v) is 3.99. The summed E-state index contributed by atoms with van der Waals surface area (Å²) in [5.74, 6) is -0.394. The molecule has 0 heterocycles. The van der Waals surface area contributed by atoms with Crippen LogP contribution in [-0.2, 0) is 14.8 Å². The molecule has 0 aliphatic heterocycles. The number of hydrogen-bond acceptors (Lipinski definition) is 3. The molecule has 1 rings (SSSR count). The van der Waals surface area contributed by atoms with Gasteiger partial charge in [0.1, 0.15) is 0 Å². The summed E-state index contributed by atoms with van der Waals surface area (Å²) in [7, 11) is -3.43. The molecule has 1 aromatic carbocycles. The van der Waals surface area contributed by atoms with E-state index in [1.165, 1.54) is 6.08 Å². The van der Waals surface area contributed by atoms with Gasteiger partial charge in [0.05, 0.1) is 12.8 Å². The molecule has 104 valence electrons. The molecular formula is C12H15BrN2O3S. The molecule has 0 spiro atoms. The summed E-state index contributed by atoms with van der Waals surface area (Å²) in [6, 6.07) is 7.02. The molecule has 7 heteroatoms. The number of carbonyl (C=O) groups is 1. The van der Waals surface area contributed by atoms with E-state index in [1.54, 1.807) is 24.3 Å². The van der Waals surface area contributed by atoms with E-state index in [4.69, 9.17) is 0 Å². The zero-order valence-corrected chi connectivity index (χ0v) is 12.9. The number of nitrogens with one attached hydrogen (secondary N) is 1. The maximum absolute atomic E-state index is 11.8. The van der Waals surface area contributed by atoms with Crippen molar-refractivity contribution in [3.63, 3.8) is 0 Å². The van der Waals surface area contributed by atoms with Crippen LogP contribution in [-0.4, -0.2) is 38.0 Å². The van der Waals surface area contributed by atoms with Crippen molar-refractivity contribution < 1.29 is 13.2 Å². The quantitative estimate of drug-likeness (QED) is 0.799. The first kappa shape index (κ1) is 15.9. The van der Waals surface area contributed by atoms with E-state index in [-0.39, 0.29) is 13.1 Å². The summed E-state index contributed by atoms with van der Waals surface area (Å²) < 4.78 is 24.8. The molecular weight excluding hydrogens is 332 g/mol. The van der Waals surface area contributed by atoms with Gasteiger partial charge in [-0.15, -0.1) is 6.58 Å². The maximum Gasteiger partial charge on any atom is 0.239 e. The van der Waals surface area contributed by atoms with E-state index < -0.39 is 15.9 Å². The number of sulfonamides is 1. The zero-order chi connectivity index (χ0) is 14.5. The number of benzene rings is 1. The Morgan fingerprint density at radius 2 is 2.00 bits per heavy atom. The molecule has 0 bridgehead atoms. The highest BCUT2D eigenvalue weighted by molar-refractivity contribution is 9.10. The molecule has 0 fully saturated rings. The highest BCUT2D eigenvalue weighted by Crippen LogP contribution is 2.14. The van der Waals surface area contributed by atoms with Crippen molar-refractivity contribution in [2.45, 2.75) is 0 Å². The Bertz CT molecular complexity index is 555. The van der Waals surface area contributed by atoms with Crippen LogP contribution in [0.5, 0.6) is 0 Å². The average Bonchev–Trinajstić information content (AvgIpc) is 2.30. The predicted molar refractivity (Wildman–Crippen MR) is 79.4 cm³/mol. The molecule has 19 heavy (non-hydrogen) atoms. The highest BCUT2D eigenvalue weighted by Gasteiger charge is 2.18. The lowest BCUT2D eigenvalue weighted by molar-refractivity contribution is -0.116. The lowest BCUT2D eigenvalue weighted by atomic mass is 10.3. The number of halogens is 1. The zero-order valence-electron chi connectivity index (χ0n) is 10.5. The van der Waals surface area contributed by atoms with Crippen LogP contribution >= 0.6 is 15.9 Å². The van der Waals surface area contributed by atoms with E-state index in [1.807, 2.05) is 0 Å². The van der Waals surface area contributed by atoms with E-state index in [2.05, 4.69) is 27.8 Å². The number of anilines is 1. The molecule has 0 radical (unpaired) electrons. The number of carbonyl (C=O) groups excluding carboxylic acids is 1. The Hall–Kier alpha value is -1.18. The first-order valence-electron chi connectivity index (χ1n) is 5.44. The molecule has 0 saturated heterocycles. The lowest BCUT2D eigenvalue weighted by Crippen LogP contribution is -2.37. The van der Waals surface area contributed by atoms with Crippen molar-refractivity contribution in [2.75, 3.05) is 24.7 Å². The van der Waals surface area contributed by atoms with Gasteiger partial charge in [-0.2, -0.15) is 4.31 Å². The Morgan fingerprint density at radius 3 is 2.47 bits per heavy atom. The third-order valence-electron chi connectivity index (χ3n) is 2.25. The maximum atomic E-state index is 11.8. The average molecular weight is 347 g/mol. The Kier molecular flexibility index (Phi) is 5.71. The standard InChI is InChI=1S/C12H15BrN2O3S/c1-3-8-15(19(2,17)18)9-12(16)14-11-6-4-10(13)5-7-11/h3-7H,1,8-9H2,2H3,(H,14,16). The first-order chi connectivity index (χ1) is 8.82. The van der Waals surface area contributed by atoms with Gasteiger partial charge >= 0.3 is 0 Å². The molecule has 1 amide bonds. The smallest absolute Gasteiger partial charge is 0.239 e. The minimum Gasteiger partial charge on any atom is -0.325 e. The minimum absolute atomic E-state index is 0.104. The van der Waals surface area contributed by atoms with Crippen molar-refractivity contribution in [1.82, 2.24) is 4.31 Å². The predicted octanol–water partition coefficient (Wildman–Crippen LogP) is 1.84. The molecule has 0 aromatic heterocycles. The van der Waals surface area contributed by atoms with Gasteiger partial charge in [-0.1, -0.05) is 22.0 Å². The van der Waals surface area contributed by atoms with E-state index in [0.717, 1.165) is 15.0 Å². The van der Waals surface area contributed by atoms with Crippen molar-refractivity contribution >= 4 is 37.5 Å². The van der Waals surface area contributed by atoms with Crippen molar-refractivity contribution in [3.8, 4) is 0 Å². The number of amides is 1. The van der Waals surface area contributed by atoms with Gasteiger partial charge in [-0.05, 0) is 24.3 Å². The molecule has 0 saturated carbocycles. The number of nitrogens with zero attached hydrogens (tertiary/aromatic N) is 1. The summed E-state index contributed by atoms with van der Waals surface area (Å²) in [6.45, 7) is 3.34. The van der Waals surface area contributed by atoms with E-state index in [0.29, 0.717) is 5.69 Å². The Morgan fingerprint density at radius 1 is 1.42 bits per heavy atom. The molecule has 0 unspecified atom stereocenters. The van der Waals surface area contributed by atoms with Gasteiger partial charge in [-0.3, -0.25) is 4.79 Å². The van der Waals surface area contributed by atoms with Crippen LogP contribution in [0.2, 0.25) is 0 Å². The van der Waals surface area contributed by atoms with E-state index in [9.17, 15) is 13.2 Å². The number of hydrogen-bond donors (Lipinski definition) is 1. The normalized spacial score (nSPS) is 11.3.